The van der Waals surface area contributed by atoms with Crippen LogP contribution in [0.4, 0.5) is 0 Å². The molecule has 0 aromatic carbocycles. The average molecular weight is 213 g/mol. The van der Waals surface area contributed by atoms with Gasteiger partial charge in [-0.1, -0.05) is 17.7 Å². The molecule has 1 heterocycles. The lowest BCUT2D eigenvalue weighted by Gasteiger charge is -2.08. The molecule has 13 heavy (non-hydrogen) atoms. The molecule has 0 spiro atoms. The van der Waals surface area contributed by atoms with Crippen molar-refractivity contribution < 1.29 is 4.79 Å². The average Bonchev–Trinajstić information content (AvgIpc) is 2.53. The zero-order chi connectivity index (χ0) is 9.26. The quantitative estimate of drug-likeness (QED) is 0.696. The van der Waals surface area contributed by atoms with Crippen LogP contribution in [0, 0.1) is 0 Å². The van der Waals surface area contributed by atoms with Crippen LogP contribution in [0.5, 0.6) is 0 Å². The van der Waals surface area contributed by atoms with Crippen LogP contribution >= 0.6 is 22.9 Å². The molecule has 3 heteroatoms. The first-order valence-corrected chi connectivity index (χ1v) is 5.46. The first-order valence-electron chi connectivity index (χ1n) is 4.26. The van der Waals surface area contributed by atoms with Crippen LogP contribution in [0.15, 0.2) is 18.2 Å². The van der Waals surface area contributed by atoms with Gasteiger partial charge < -0.3 is 0 Å². The third kappa shape index (κ3) is 1.84. The smallest absolute Gasteiger partial charge is 0.163 e. The van der Waals surface area contributed by atoms with Gasteiger partial charge in [-0.3, -0.25) is 4.79 Å². The fraction of sp³-hybridized carbons (Fsp3) is 0.300. The predicted molar refractivity (Wildman–Crippen MR) is 56.2 cm³/mol. The van der Waals surface area contributed by atoms with E-state index in [1.807, 2.05) is 18.2 Å². The van der Waals surface area contributed by atoms with Crippen molar-refractivity contribution in [2.45, 2.75) is 19.3 Å². The second-order valence-corrected chi connectivity index (χ2v) is 4.75. The van der Waals surface area contributed by atoms with E-state index in [4.69, 9.17) is 11.6 Å². The van der Waals surface area contributed by atoms with E-state index >= 15 is 0 Å². The Morgan fingerprint density at radius 2 is 2.23 bits per heavy atom. The largest absolute Gasteiger partial charge is 0.294 e. The number of hydrogen-bond acceptors (Lipinski definition) is 2. The molecular weight excluding hydrogens is 204 g/mol. The number of rotatable bonds is 1. The monoisotopic (exact) mass is 212 g/mol. The summed E-state index contributed by atoms with van der Waals surface area (Å²) in [6.07, 6.45) is 4.70. The van der Waals surface area contributed by atoms with Gasteiger partial charge in [-0.15, -0.1) is 11.3 Å². The van der Waals surface area contributed by atoms with Crippen LogP contribution in [0.25, 0.3) is 5.57 Å². The molecule has 68 valence electrons. The second kappa shape index (κ2) is 3.64. The molecule has 0 saturated heterocycles. The number of halogens is 1. The normalized spacial score (nSPS) is 17.3. The van der Waals surface area contributed by atoms with Crippen molar-refractivity contribution in [1.82, 2.24) is 0 Å². The molecule has 0 bridgehead atoms. The third-order valence-corrected chi connectivity index (χ3v) is 3.36. The molecule has 0 saturated carbocycles. The van der Waals surface area contributed by atoms with Gasteiger partial charge in [-0.25, -0.2) is 0 Å². The minimum atomic E-state index is 0.254. The highest BCUT2D eigenvalue weighted by Gasteiger charge is 2.16. The van der Waals surface area contributed by atoms with Gasteiger partial charge >= 0.3 is 0 Å². The summed E-state index contributed by atoms with van der Waals surface area (Å²) in [6, 6.07) is 3.76. The van der Waals surface area contributed by atoms with Crippen LogP contribution in [0.2, 0.25) is 4.34 Å². The summed E-state index contributed by atoms with van der Waals surface area (Å²) in [5.41, 5.74) is 0.864. The molecule has 0 aliphatic heterocycles. The van der Waals surface area contributed by atoms with Crippen molar-refractivity contribution in [3.05, 3.63) is 27.4 Å². The van der Waals surface area contributed by atoms with E-state index < -0.39 is 0 Å². The molecule has 0 atom stereocenters. The van der Waals surface area contributed by atoms with Gasteiger partial charge in [0.05, 0.1) is 4.34 Å². The summed E-state index contributed by atoms with van der Waals surface area (Å²) in [6.45, 7) is 0. The highest BCUT2D eigenvalue weighted by atomic mass is 35.5. The minimum Gasteiger partial charge on any atom is -0.294 e. The molecule has 1 nitrogen and oxygen atoms in total. The Balaban J connectivity index is 2.34. The standard InChI is InChI=1S/C10H9ClOS/c11-10-6-5-9(13-10)7-3-1-2-4-8(7)12/h3,5-6H,1-2,4H2. The van der Waals surface area contributed by atoms with Crippen molar-refractivity contribution in [3.63, 3.8) is 0 Å². The molecule has 2 rings (SSSR count). The van der Waals surface area contributed by atoms with E-state index in [2.05, 4.69) is 0 Å². The highest BCUT2D eigenvalue weighted by Crippen LogP contribution is 2.31. The van der Waals surface area contributed by atoms with Gasteiger partial charge in [0.15, 0.2) is 5.78 Å². The molecular formula is C10H9ClOS. The van der Waals surface area contributed by atoms with Crippen molar-refractivity contribution in [2.24, 2.45) is 0 Å². The summed E-state index contributed by atoms with van der Waals surface area (Å²) in [5, 5.41) is 0. The number of allylic oxidation sites excluding steroid dienone is 2. The fourth-order valence-corrected chi connectivity index (χ4v) is 2.56. The number of carbonyl (C=O) groups is 1. The van der Waals surface area contributed by atoms with Gasteiger partial charge in [-0.2, -0.15) is 0 Å². The zero-order valence-corrected chi connectivity index (χ0v) is 8.62. The lowest BCUT2D eigenvalue weighted by atomic mass is 9.97. The Bertz CT molecular complexity index is 365. The first kappa shape index (κ1) is 8.97. The molecule has 1 aromatic rings. The van der Waals surface area contributed by atoms with Gasteiger partial charge in [0.2, 0.25) is 0 Å². The number of hydrogen-bond donors (Lipinski definition) is 0. The zero-order valence-electron chi connectivity index (χ0n) is 7.05. The summed E-state index contributed by atoms with van der Waals surface area (Å²) in [4.78, 5) is 12.5. The Morgan fingerprint density at radius 3 is 2.85 bits per heavy atom. The maximum atomic E-state index is 11.5. The van der Waals surface area contributed by atoms with Crippen molar-refractivity contribution in [1.29, 1.82) is 0 Å². The Morgan fingerprint density at radius 1 is 1.38 bits per heavy atom. The number of ketones is 1. The van der Waals surface area contributed by atoms with Crippen molar-refractivity contribution in [3.8, 4) is 0 Å². The Hall–Kier alpha value is -0.600. The van der Waals surface area contributed by atoms with Crippen LogP contribution in [-0.4, -0.2) is 5.78 Å². The highest BCUT2D eigenvalue weighted by molar-refractivity contribution is 7.17. The minimum absolute atomic E-state index is 0.254. The summed E-state index contributed by atoms with van der Waals surface area (Å²) in [5.74, 6) is 0.254. The topological polar surface area (TPSA) is 17.1 Å². The summed E-state index contributed by atoms with van der Waals surface area (Å²) >= 11 is 7.28. The lowest BCUT2D eigenvalue weighted by Crippen LogP contribution is -2.04. The molecule has 0 radical (unpaired) electrons. The van der Waals surface area contributed by atoms with Crippen LogP contribution in [0.1, 0.15) is 24.1 Å². The van der Waals surface area contributed by atoms with Crippen LogP contribution in [0.3, 0.4) is 0 Å². The molecule has 0 amide bonds. The number of carbonyl (C=O) groups excluding carboxylic acids is 1. The number of thiophene rings is 1. The fourth-order valence-electron chi connectivity index (χ4n) is 1.45. The molecule has 1 aliphatic carbocycles. The van der Waals surface area contributed by atoms with E-state index in [0.717, 1.165) is 27.6 Å². The summed E-state index contributed by atoms with van der Waals surface area (Å²) in [7, 11) is 0. The van der Waals surface area contributed by atoms with Crippen molar-refractivity contribution >= 4 is 34.3 Å². The van der Waals surface area contributed by atoms with E-state index in [1.54, 1.807) is 0 Å². The maximum Gasteiger partial charge on any atom is 0.163 e. The lowest BCUT2D eigenvalue weighted by molar-refractivity contribution is -0.114. The van der Waals surface area contributed by atoms with E-state index in [1.165, 1.54) is 11.3 Å². The Kier molecular flexibility index (Phi) is 2.51. The van der Waals surface area contributed by atoms with E-state index in [0.29, 0.717) is 6.42 Å². The second-order valence-electron chi connectivity index (χ2n) is 3.04. The molecule has 0 fully saturated rings. The van der Waals surface area contributed by atoms with Gasteiger partial charge in [0, 0.05) is 16.9 Å². The third-order valence-electron chi connectivity index (χ3n) is 2.10. The predicted octanol–water partition coefficient (Wildman–Crippen LogP) is 3.54. The maximum absolute atomic E-state index is 11.5. The Labute approximate surface area is 86.0 Å². The van der Waals surface area contributed by atoms with Crippen LogP contribution in [-0.2, 0) is 4.79 Å². The molecule has 0 unspecified atom stereocenters. The molecule has 0 N–H and O–H groups in total. The van der Waals surface area contributed by atoms with E-state index in [-0.39, 0.29) is 5.78 Å². The van der Waals surface area contributed by atoms with Gasteiger partial charge in [-0.05, 0) is 25.0 Å². The molecule has 1 aliphatic rings. The van der Waals surface area contributed by atoms with E-state index in [9.17, 15) is 4.79 Å². The van der Waals surface area contributed by atoms with Gasteiger partial charge in [0.1, 0.15) is 0 Å². The SMILES string of the molecule is O=C1CCCC=C1c1ccc(Cl)s1. The van der Waals surface area contributed by atoms with Crippen molar-refractivity contribution in [2.75, 3.05) is 0 Å². The number of Topliss-reactive ketones (excluding diaryl/α,β-unsaturated/α-hetero) is 1. The van der Waals surface area contributed by atoms with Crippen LogP contribution < -0.4 is 0 Å². The first-order chi connectivity index (χ1) is 6.27. The summed E-state index contributed by atoms with van der Waals surface area (Å²) < 4.78 is 0.745. The molecule has 1 aromatic heterocycles. The van der Waals surface area contributed by atoms with Gasteiger partial charge in [0.25, 0.3) is 0 Å².